The normalized spacial score (nSPS) is 14.4. The number of carbonyl (C=O) groups is 4. The standard InChI is InChI=1S/C25H17BrN2O5S/c26-18-11-12-20(33-24(31)16-7-3-1-4-8-16)17(13-18)14-21-23(30)28(25(32)34-21)15-22(29)27-19-9-5-2-6-10-19/h1-14H,15H2,(H,27,29)/b21-14-. The fourth-order valence-electron chi connectivity index (χ4n) is 3.10. The molecule has 1 aliphatic rings. The van der Waals surface area contributed by atoms with Gasteiger partial charge in [-0.3, -0.25) is 19.3 Å². The second-order valence-corrected chi connectivity index (χ2v) is 9.03. The minimum absolute atomic E-state index is 0.118. The molecule has 3 aromatic rings. The molecule has 0 atom stereocenters. The maximum atomic E-state index is 12.9. The largest absolute Gasteiger partial charge is 0.422 e. The second kappa shape index (κ2) is 10.5. The molecule has 1 saturated heterocycles. The smallest absolute Gasteiger partial charge is 0.343 e. The summed E-state index contributed by atoms with van der Waals surface area (Å²) in [7, 11) is 0. The van der Waals surface area contributed by atoms with Crippen LogP contribution in [-0.2, 0) is 9.59 Å². The predicted molar refractivity (Wildman–Crippen MR) is 133 cm³/mol. The number of ether oxygens (including phenoxy) is 1. The Labute approximate surface area is 207 Å². The number of anilines is 1. The highest BCUT2D eigenvalue weighted by atomic mass is 79.9. The molecular formula is C25H17BrN2O5S. The number of nitrogens with zero attached hydrogens (tertiary/aromatic N) is 1. The summed E-state index contributed by atoms with van der Waals surface area (Å²) in [5.74, 6) is -1.41. The van der Waals surface area contributed by atoms with Crippen molar-refractivity contribution in [3.63, 3.8) is 0 Å². The van der Waals surface area contributed by atoms with Gasteiger partial charge in [0.25, 0.3) is 11.1 Å². The van der Waals surface area contributed by atoms with Gasteiger partial charge < -0.3 is 10.1 Å². The minimum atomic E-state index is -0.599. The number of hydrogen-bond acceptors (Lipinski definition) is 6. The van der Waals surface area contributed by atoms with Crippen molar-refractivity contribution in [3.8, 4) is 5.75 Å². The Morgan fingerprint density at radius 1 is 0.971 bits per heavy atom. The van der Waals surface area contributed by atoms with Gasteiger partial charge in [-0.1, -0.05) is 52.3 Å². The van der Waals surface area contributed by atoms with E-state index in [0.717, 1.165) is 16.7 Å². The van der Waals surface area contributed by atoms with Crippen molar-refractivity contribution in [3.05, 3.63) is 99.4 Å². The summed E-state index contributed by atoms with van der Waals surface area (Å²) in [5, 5.41) is 2.09. The number of imide groups is 1. The molecule has 0 saturated carbocycles. The number of carbonyl (C=O) groups excluding carboxylic acids is 4. The van der Waals surface area contributed by atoms with E-state index in [4.69, 9.17) is 4.74 Å². The van der Waals surface area contributed by atoms with Crippen molar-refractivity contribution in [2.45, 2.75) is 0 Å². The topological polar surface area (TPSA) is 92.8 Å². The lowest BCUT2D eigenvalue weighted by molar-refractivity contribution is -0.127. The Morgan fingerprint density at radius 3 is 2.35 bits per heavy atom. The van der Waals surface area contributed by atoms with Crippen LogP contribution in [-0.4, -0.2) is 34.5 Å². The quantitative estimate of drug-likeness (QED) is 0.259. The summed E-state index contributed by atoms with van der Waals surface area (Å²) >= 11 is 4.09. The molecular weight excluding hydrogens is 520 g/mol. The molecule has 7 nitrogen and oxygen atoms in total. The first kappa shape index (κ1) is 23.5. The van der Waals surface area contributed by atoms with Gasteiger partial charge in [0, 0.05) is 15.7 Å². The molecule has 0 unspecified atom stereocenters. The second-order valence-electron chi connectivity index (χ2n) is 7.12. The number of halogens is 1. The van der Waals surface area contributed by atoms with Crippen molar-refractivity contribution in [1.82, 2.24) is 4.90 Å². The first-order valence-electron chi connectivity index (χ1n) is 10.1. The Hall–Kier alpha value is -3.69. The van der Waals surface area contributed by atoms with Crippen LogP contribution in [0.5, 0.6) is 5.75 Å². The van der Waals surface area contributed by atoms with Crippen molar-refractivity contribution in [2.24, 2.45) is 0 Å². The van der Waals surface area contributed by atoms with E-state index in [1.807, 2.05) is 6.07 Å². The van der Waals surface area contributed by atoms with Gasteiger partial charge in [0.15, 0.2) is 0 Å². The molecule has 1 fully saturated rings. The molecule has 1 N–H and O–H groups in total. The lowest BCUT2D eigenvalue weighted by Crippen LogP contribution is -2.36. The summed E-state index contributed by atoms with van der Waals surface area (Å²) in [6, 6.07) is 22.2. The zero-order chi connectivity index (χ0) is 24.1. The fourth-order valence-corrected chi connectivity index (χ4v) is 4.31. The molecule has 0 aromatic heterocycles. The van der Waals surface area contributed by atoms with E-state index in [1.165, 1.54) is 6.08 Å². The van der Waals surface area contributed by atoms with E-state index in [9.17, 15) is 19.2 Å². The molecule has 0 radical (unpaired) electrons. The molecule has 1 heterocycles. The van der Waals surface area contributed by atoms with Gasteiger partial charge >= 0.3 is 5.97 Å². The maximum Gasteiger partial charge on any atom is 0.343 e. The number of esters is 1. The van der Waals surface area contributed by atoms with E-state index >= 15 is 0 Å². The van der Waals surface area contributed by atoms with Crippen LogP contribution in [0.4, 0.5) is 10.5 Å². The zero-order valence-corrected chi connectivity index (χ0v) is 20.0. The van der Waals surface area contributed by atoms with E-state index in [0.29, 0.717) is 21.3 Å². The molecule has 3 amide bonds. The first-order chi connectivity index (χ1) is 16.4. The highest BCUT2D eigenvalue weighted by Crippen LogP contribution is 2.35. The molecule has 34 heavy (non-hydrogen) atoms. The highest BCUT2D eigenvalue weighted by Gasteiger charge is 2.36. The van der Waals surface area contributed by atoms with Gasteiger partial charge in [0.2, 0.25) is 5.91 Å². The SMILES string of the molecule is O=C(CN1C(=O)S/C(=C\c2cc(Br)ccc2OC(=O)c2ccccc2)C1=O)Nc1ccccc1. The molecule has 9 heteroatoms. The summed E-state index contributed by atoms with van der Waals surface area (Å²) in [6.45, 7) is -0.411. The van der Waals surface area contributed by atoms with Gasteiger partial charge in [0.1, 0.15) is 12.3 Å². The average Bonchev–Trinajstić information content (AvgIpc) is 3.09. The average molecular weight is 537 g/mol. The van der Waals surface area contributed by atoms with E-state index in [2.05, 4.69) is 21.2 Å². The summed E-state index contributed by atoms with van der Waals surface area (Å²) < 4.78 is 6.22. The van der Waals surface area contributed by atoms with Gasteiger partial charge in [-0.2, -0.15) is 0 Å². The Kier molecular flexibility index (Phi) is 7.24. The first-order valence-corrected chi connectivity index (χ1v) is 11.7. The predicted octanol–water partition coefficient (Wildman–Crippen LogP) is 5.34. The van der Waals surface area contributed by atoms with E-state index in [1.54, 1.807) is 72.8 Å². The third-order valence-electron chi connectivity index (χ3n) is 4.70. The summed E-state index contributed by atoms with van der Waals surface area (Å²) in [5.41, 5.74) is 1.37. The zero-order valence-electron chi connectivity index (χ0n) is 17.6. The Morgan fingerprint density at radius 2 is 1.65 bits per heavy atom. The third-order valence-corrected chi connectivity index (χ3v) is 6.10. The van der Waals surface area contributed by atoms with E-state index < -0.39 is 29.6 Å². The van der Waals surface area contributed by atoms with Crippen molar-refractivity contribution in [2.75, 3.05) is 11.9 Å². The van der Waals surface area contributed by atoms with Gasteiger partial charge in [-0.25, -0.2) is 4.79 Å². The molecule has 4 rings (SSSR count). The van der Waals surface area contributed by atoms with Gasteiger partial charge in [0.05, 0.1) is 10.5 Å². The van der Waals surface area contributed by atoms with Crippen molar-refractivity contribution >= 4 is 62.5 Å². The van der Waals surface area contributed by atoms with Crippen LogP contribution in [0.25, 0.3) is 6.08 Å². The van der Waals surface area contributed by atoms with Crippen LogP contribution in [0.1, 0.15) is 15.9 Å². The molecule has 1 aliphatic heterocycles. The summed E-state index contributed by atoms with van der Waals surface area (Å²) in [6.07, 6.45) is 1.47. The number of nitrogens with one attached hydrogen (secondary N) is 1. The molecule has 0 aliphatic carbocycles. The molecule has 0 spiro atoms. The van der Waals surface area contributed by atoms with Crippen LogP contribution < -0.4 is 10.1 Å². The van der Waals surface area contributed by atoms with Gasteiger partial charge in [-0.05, 0) is 60.3 Å². The number of para-hydroxylation sites is 1. The number of rotatable bonds is 6. The fraction of sp³-hybridized carbons (Fsp3) is 0.0400. The molecule has 3 aromatic carbocycles. The highest BCUT2D eigenvalue weighted by molar-refractivity contribution is 9.10. The van der Waals surface area contributed by atoms with Crippen LogP contribution in [0.15, 0.2) is 88.2 Å². The number of amides is 3. The van der Waals surface area contributed by atoms with E-state index in [-0.39, 0.29) is 10.7 Å². The minimum Gasteiger partial charge on any atom is -0.422 e. The van der Waals surface area contributed by atoms with Crippen LogP contribution >= 0.6 is 27.7 Å². The van der Waals surface area contributed by atoms with Gasteiger partial charge in [-0.15, -0.1) is 0 Å². The van der Waals surface area contributed by atoms with Crippen molar-refractivity contribution in [1.29, 1.82) is 0 Å². The lowest BCUT2D eigenvalue weighted by Gasteiger charge is -2.12. The summed E-state index contributed by atoms with van der Waals surface area (Å²) in [4.78, 5) is 51.1. The number of benzene rings is 3. The third kappa shape index (κ3) is 5.62. The van der Waals surface area contributed by atoms with Crippen LogP contribution in [0.3, 0.4) is 0 Å². The maximum absolute atomic E-state index is 12.9. The van der Waals surface area contributed by atoms with Crippen LogP contribution in [0.2, 0.25) is 0 Å². The number of thioether (sulfide) groups is 1. The monoisotopic (exact) mass is 536 g/mol. The van der Waals surface area contributed by atoms with Crippen LogP contribution in [0, 0.1) is 0 Å². The Bertz CT molecular complexity index is 1300. The molecule has 170 valence electrons. The Balaban J connectivity index is 1.52. The molecule has 0 bridgehead atoms. The number of hydrogen-bond donors (Lipinski definition) is 1. The lowest BCUT2D eigenvalue weighted by atomic mass is 10.1. The van der Waals surface area contributed by atoms with Crippen molar-refractivity contribution < 1.29 is 23.9 Å².